The van der Waals surface area contributed by atoms with Gasteiger partial charge in [0.15, 0.2) is 0 Å². The van der Waals surface area contributed by atoms with E-state index in [0.29, 0.717) is 23.0 Å². The molecular weight excluding hydrogens is 350 g/mol. The third-order valence-electron chi connectivity index (χ3n) is 4.04. The number of aryl methyl sites for hydroxylation is 1. The van der Waals surface area contributed by atoms with Crippen molar-refractivity contribution in [3.05, 3.63) is 69.0 Å². The SMILES string of the molecule is C/C=C(N=CN)\C(=C/CC)n1cnn(Cc2c(Cl)cccc2CC)c1=O. The van der Waals surface area contributed by atoms with Crippen LogP contribution in [0.3, 0.4) is 0 Å². The second-order valence-electron chi connectivity index (χ2n) is 5.62. The summed E-state index contributed by atoms with van der Waals surface area (Å²) in [5, 5.41) is 4.90. The standard InChI is InChI=1S/C19H24ClN5O/c1-4-8-18(17(6-3)22-12-21)24-13-23-25(19(24)26)11-15-14(5-2)9-7-10-16(15)20/h6-10,12-13H,4-5,11H2,1-3H3,(H2,21,22)/b17-6+,18-8+. The summed E-state index contributed by atoms with van der Waals surface area (Å²) < 4.78 is 2.89. The fourth-order valence-corrected chi connectivity index (χ4v) is 3.01. The molecule has 138 valence electrons. The van der Waals surface area contributed by atoms with Gasteiger partial charge in [-0.15, -0.1) is 0 Å². The van der Waals surface area contributed by atoms with Crippen molar-refractivity contribution in [1.82, 2.24) is 14.3 Å². The first kappa shape index (κ1) is 19.7. The summed E-state index contributed by atoms with van der Waals surface area (Å²) >= 11 is 6.34. The molecular formula is C19H24ClN5O. The van der Waals surface area contributed by atoms with Crippen molar-refractivity contribution in [3.8, 4) is 0 Å². The molecule has 2 aromatic rings. The highest BCUT2D eigenvalue weighted by atomic mass is 35.5. The molecule has 1 heterocycles. The lowest BCUT2D eigenvalue weighted by atomic mass is 10.1. The molecule has 0 aliphatic carbocycles. The highest BCUT2D eigenvalue weighted by Crippen LogP contribution is 2.21. The van der Waals surface area contributed by atoms with Crippen LogP contribution < -0.4 is 11.4 Å². The van der Waals surface area contributed by atoms with E-state index in [1.54, 1.807) is 6.08 Å². The largest absolute Gasteiger partial charge is 0.390 e. The van der Waals surface area contributed by atoms with E-state index in [0.717, 1.165) is 24.0 Å². The maximum atomic E-state index is 12.9. The molecule has 0 radical (unpaired) electrons. The summed E-state index contributed by atoms with van der Waals surface area (Å²) in [6.45, 7) is 6.21. The number of allylic oxidation sites excluding steroid dienone is 3. The molecule has 0 fully saturated rings. The van der Waals surface area contributed by atoms with Crippen LogP contribution in [0.1, 0.15) is 38.3 Å². The average molecular weight is 374 g/mol. The number of hydrogen-bond donors (Lipinski definition) is 1. The van der Waals surface area contributed by atoms with Crippen LogP contribution in [0.5, 0.6) is 0 Å². The van der Waals surface area contributed by atoms with Crippen molar-refractivity contribution >= 4 is 23.6 Å². The second-order valence-corrected chi connectivity index (χ2v) is 6.03. The highest BCUT2D eigenvalue weighted by molar-refractivity contribution is 6.31. The zero-order chi connectivity index (χ0) is 19.1. The van der Waals surface area contributed by atoms with Gasteiger partial charge in [0.2, 0.25) is 0 Å². The zero-order valence-electron chi connectivity index (χ0n) is 15.3. The smallest absolute Gasteiger partial charge is 0.350 e. The number of aromatic nitrogens is 3. The zero-order valence-corrected chi connectivity index (χ0v) is 16.1. The van der Waals surface area contributed by atoms with E-state index in [4.69, 9.17) is 17.3 Å². The van der Waals surface area contributed by atoms with Gasteiger partial charge >= 0.3 is 5.69 Å². The molecule has 0 aliphatic heterocycles. The maximum absolute atomic E-state index is 12.9. The Morgan fingerprint density at radius 2 is 2.15 bits per heavy atom. The van der Waals surface area contributed by atoms with E-state index >= 15 is 0 Å². The molecule has 2 N–H and O–H groups in total. The topological polar surface area (TPSA) is 78.2 Å². The summed E-state index contributed by atoms with van der Waals surface area (Å²) in [5.41, 5.74) is 8.46. The van der Waals surface area contributed by atoms with Gasteiger partial charge in [-0.3, -0.25) is 0 Å². The number of rotatable bonds is 7. The van der Waals surface area contributed by atoms with Gasteiger partial charge in [-0.05, 0) is 37.0 Å². The molecule has 0 aliphatic rings. The van der Waals surface area contributed by atoms with Crippen LogP contribution in [0.25, 0.3) is 5.70 Å². The van der Waals surface area contributed by atoms with E-state index in [1.807, 2.05) is 38.1 Å². The molecule has 0 spiro atoms. The fourth-order valence-electron chi connectivity index (χ4n) is 2.76. The number of nitrogens with zero attached hydrogens (tertiary/aromatic N) is 4. The van der Waals surface area contributed by atoms with Gasteiger partial charge in [-0.1, -0.05) is 49.7 Å². The minimum atomic E-state index is -0.252. The fraction of sp³-hybridized carbons (Fsp3) is 0.316. The van der Waals surface area contributed by atoms with Gasteiger partial charge in [0.25, 0.3) is 0 Å². The molecule has 2 rings (SSSR count). The molecule has 0 unspecified atom stereocenters. The first-order chi connectivity index (χ1) is 12.6. The Morgan fingerprint density at radius 3 is 2.77 bits per heavy atom. The van der Waals surface area contributed by atoms with Crippen molar-refractivity contribution in [2.75, 3.05) is 0 Å². The van der Waals surface area contributed by atoms with Gasteiger partial charge in [0.05, 0.1) is 24.3 Å². The first-order valence-corrected chi connectivity index (χ1v) is 8.97. The summed E-state index contributed by atoms with van der Waals surface area (Å²) in [7, 11) is 0. The van der Waals surface area contributed by atoms with E-state index < -0.39 is 0 Å². The number of hydrogen-bond acceptors (Lipinski definition) is 3. The molecule has 1 aromatic carbocycles. The predicted molar refractivity (Wildman–Crippen MR) is 107 cm³/mol. The summed E-state index contributed by atoms with van der Waals surface area (Å²) in [6, 6.07) is 5.76. The van der Waals surface area contributed by atoms with Crippen molar-refractivity contribution in [3.63, 3.8) is 0 Å². The van der Waals surface area contributed by atoms with Gasteiger partial charge in [-0.2, -0.15) is 5.10 Å². The van der Waals surface area contributed by atoms with Crippen LogP contribution in [-0.4, -0.2) is 20.7 Å². The third kappa shape index (κ3) is 4.14. The van der Waals surface area contributed by atoms with Crippen LogP contribution in [0, 0.1) is 0 Å². The normalized spacial score (nSPS) is 12.9. The summed E-state index contributed by atoms with van der Waals surface area (Å²) in [5.74, 6) is 0. The summed E-state index contributed by atoms with van der Waals surface area (Å²) in [4.78, 5) is 17.0. The van der Waals surface area contributed by atoms with Crippen molar-refractivity contribution in [2.45, 2.75) is 40.2 Å². The third-order valence-corrected chi connectivity index (χ3v) is 4.40. The molecule has 0 bridgehead atoms. The Labute approximate surface area is 158 Å². The Kier molecular flexibility index (Phi) is 6.97. The van der Waals surface area contributed by atoms with Crippen LogP contribution in [-0.2, 0) is 13.0 Å². The maximum Gasteiger partial charge on any atom is 0.350 e. The van der Waals surface area contributed by atoms with Crippen LogP contribution in [0.4, 0.5) is 0 Å². The molecule has 26 heavy (non-hydrogen) atoms. The minimum Gasteiger partial charge on any atom is -0.390 e. The first-order valence-electron chi connectivity index (χ1n) is 8.59. The van der Waals surface area contributed by atoms with E-state index in [2.05, 4.69) is 17.0 Å². The predicted octanol–water partition coefficient (Wildman–Crippen LogP) is 3.45. The Balaban J connectivity index is 2.48. The Morgan fingerprint density at radius 1 is 1.38 bits per heavy atom. The van der Waals surface area contributed by atoms with Crippen LogP contribution >= 0.6 is 11.6 Å². The second kappa shape index (κ2) is 9.20. The van der Waals surface area contributed by atoms with Crippen molar-refractivity contribution < 1.29 is 0 Å². The molecule has 7 heteroatoms. The summed E-state index contributed by atoms with van der Waals surface area (Å²) in [6.07, 6.45) is 8.02. The molecule has 0 saturated carbocycles. The van der Waals surface area contributed by atoms with Gasteiger partial charge < -0.3 is 5.73 Å². The number of nitrogens with two attached hydrogens (primary N) is 1. The van der Waals surface area contributed by atoms with Gasteiger partial charge in [0.1, 0.15) is 6.33 Å². The monoisotopic (exact) mass is 373 g/mol. The number of halogens is 1. The van der Waals surface area contributed by atoms with Gasteiger partial charge in [-0.25, -0.2) is 19.0 Å². The Hall–Kier alpha value is -2.60. The van der Waals surface area contributed by atoms with Crippen molar-refractivity contribution in [2.24, 2.45) is 10.7 Å². The lowest BCUT2D eigenvalue weighted by Gasteiger charge is -2.10. The molecule has 0 atom stereocenters. The lowest BCUT2D eigenvalue weighted by molar-refractivity contribution is 0.650. The average Bonchev–Trinajstić information content (AvgIpc) is 3.00. The minimum absolute atomic E-state index is 0.252. The van der Waals surface area contributed by atoms with Crippen LogP contribution in [0.15, 0.2) is 52.2 Å². The van der Waals surface area contributed by atoms with Crippen molar-refractivity contribution in [1.29, 1.82) is 0 Å². The van der Waals surface area contributed by atoms with E-state index in [1.165, 1.54) is 21.9 Å². The van der Waals surface area contributed by atoms with Crippen LogP contribution in [0.2, 0.25) is 5.02 Å². The molecule has 0 amide bonds. The molecule has 0 saturated heterocycles. The number of aliphatic imine (C=N–C) groups is 1. The van der Waals surface area contributed by atoms with E-state index in [-0.39, 0.29) is 5.69 Å². The van der Waals surface area contributed by atoms with Gasteiger partial charge in [0, 0.05) is 5.02 Å². The lowest BCUT2D eigenvalue weighted by Crippen LogP contribution is -2.26. The highest BCUT2D eigenvalue weighted by Gasteiger charge is 2.14. The molecule has 6 nitrogen and oxygen atoms in total. The quantitative estimate of drug-likeness (QED) is 0.458. The van der Waals surface area contributed by atoms with E-state index in [9.17, 15) is 4.79 Å². The molecule has 1 aromatic heterocycles. The Bertz CT molecular complexity index is 905. The number of benzene rings is 1.